The first-order chi connectivity index (χ1) is 4.45. The van der Waals surface area contributed by atoms with Crippen molar-refractivity contribution < 1.29 is 83.1 Å². The van der Waals surface area contributed by atoms with E-state index in [2.05, 4.69) is 4.52 Å². The summed E-state index contributed by atoms with van der Waals surface area (Å²) < 4.78 is 13.4. The summed E-state index contributed by atoms with van der Waals surface area (Å²) in [4.78, 5) is 19.5. The third-order valence-corrected chi connectivity index (χ3v) is 1.42. The minimum Gasteiger partial charge on any atom is -0.790 e. The van der Waals surface area contributed by atoms with E-state index in [9.17, 15) is 14.4 Å². The number of aliphatic hydroxyl groups excluding tert-OH is 1. The molecule has 0 aliphatic rings. The number of alkyl halides is 1. The fourth-order valence-corrected chi connectivity index (χ4v) is 0.666. The van der Waals surface area contributed by atoms with Crippen LogP contribution in [0.15, 0.2) is 0 Å². The van der Waals surface area contributed by atoms with E-state index in [1.165, 1.54) is 0 Å². The molecule has 1 N–H and O–H groups in total. The SMILES string of the molecule is O=P([O-])([O-])OCC(O)CCl.[Na+].[Na+]. The summed E-state index contributed by atoms with van der Waals surface area (Å²) in [6.45, 7) is -0.576. The van der Waals surface area contributed by atoms with Crippen LogP contribution in [0.1, 0.15) is 0 Å². The van der Waals surface area contributed by atoms with Gasteiger partial charge >= 0.3 is 59.1 Å². The van der Waals surface area contributed by atoms with Crippen LogP contribution in [0.5, 0.6) is 0 Å². The van der Waals surface area contributed by atoms with Crippen LogP contribution in [-0.2, 0) is 9.09 Å². The van der Waals surface area contributed by atoms with Crippen molar-refractivity contribution in [3.8, 4) is 0 Å². The first-order valence-electron chi connectivity index (χ1n) is 2.36. The molecule has 0 bridgehead atoms. The van der Waals surface area contributed by atoms with Gasteiger partial charge in [0.1, 0.15) is 0 Å². The van der Waals surface area contributed by atoms with Crippen LogP contribution < -0.4 is 68.9 Å². The Morgan fingerprint density at radius 2 is 1.92 bits per heavy atom. The van der Waals surface area contributed by atoms with E-state index >= 15 is 0 Å². The molecule has 0 amide bonds. The van der Waals surface area contributed by atoms with Crippen molar-refractivity contribution in [2.45, 2.75) is 6.10 Å². The van der Waals surface area contributed by atoms with Gasteiger partial charge in [0.05, 0.1) is 26.4 Å². The fraction of sp³-hybridized carbons (Fsp3) is 1.00. The fourth-order valence-electron chi connectivity index (χ4n) is 0.222. The molecule has 0 aromatic carbocycles. The number of hydrogen-bond donors (Lipinski definition) is 1. The van der Waals surface area contributed by atoms with Gasteiger partial charge in [-0.25, -0.2) is 0 Å². The largest absolute Gasteiger partial charge is 1.00 e. The van der Waals surface area contributed by atoms with E-state index in [1.54, 1.807) is 0 Å². The van der Waals surface area contributed by atoms with Gasteiger partial charge in [-0.1, -0.05) is 0 Å². The molecule has 0 aliphatic heterocycles. The van der Waals surface area contributed by atoms with Crippen LogP contribution in [0.2, 0.25) is 0 Å². The summed E-state index contributed by atoms with van der Waals surface area (Å²) in [5.41, 5.74) is 0. The Labute approximate surface area is 120 Å². The van der Waals surface area contributed by atoms with Gasteiger partial charge in [0.25, 0.3) is 0 Å². The van der Waals surface area contributed by atoms with Gasteiger partial charge in [-0.2, -0.15) is 0 Å². The van der Waals surface area contributed by atoms with Crippen molar-refractivity contribution in [1.29, 1.82) is 0 Å². The van der Waals surface area contributed by atoms with E-state index < -0.39 is 20.5 Å². The molecule has 0 spiro atoms. The molecule has 5 nitrogen and oxygen atoms in total. The summed E-state index contributed by atoms with van der Waals surface area (Å²) in [6.07, 6.45) is -1.11. The van der Waals surface area contributed by atoms with Crippen LogP contribution >= 0.6 is 19.4 Å². The number of halogens is 1. The van der Waals surface area contributed by atoms with E-state index in [-0.39, 0.29) is 65.0 Å². The molecule has 12 heavy (non-hydrogen) atoms. The Bertz CT molecular complexity index is 141. The van der Waals surface area contributed by atoms with Gasteiger partial charge in [0.2, 0.25) is 0 Å². The normalized spacial score (nSPS) is 12.7. The second-order valence-electron chi connectivity index (χ2n) is 1.55. The van der Waals surface area contributed by atoms with Gasteiger partial charge in [0, 0.05) is 0 Å². The summed E-state index contributed by atoms with van der Waals surface area (Å²) in [7, 11) is -4.95. The third-order valence-electron chi connectivity index (χ3n) is 0.603. The molecule has 0 radical (unpaired) electrons. The van der Waals surface area contributed by atoms with Crippen molar-refractivity contribution in [2.24, 2.45) is 0 Å². The maximum absolute atomic E-state index is 9.75. The molecule has 1 atom stereocenters. The molecular formula is C3H6ClNa2O5P. The Morgan fingerprint density at radius 3 is 2.17 bits per heavy atom. The number of phosphoric acid groups is 1. The van der Waals surface area contributed by atoms with Crippen LogP contribution in [0, 0.1) is 0 Å². The van der Waals surface area contributed by atoms with Crippen molar-refractivity contribution in [2.75, 3.05) is 12.5 Å². The maximum Gasteiger partial charge on any atom is 1.00 e. The van der Waals surface area contributed by atoms with Gasteiger partial charge in [-0.15, -0.1) is 11.6 Å². The molecule has 0 rings (SSSR count). The molecule has 9 heteroatoms. The molecule has 0 saturated carbocycles. The zero-order valence-electron chi connectivity index (χ0n) is 6.90. The predicted octanol–water partition coefficient (Wildman–Crippen LogP) is -7.56. The molecule has 0 aromatic rings. The minimum absolute atomic E-state index is 0. The maximum atomic E-state index is 9.75. The molecule has 0 saturated heterocycles. The molecule has 0 heterocycles. The summed E-state index contributed by atoms with van der Waals surface area (Å²) in [5.74, 6) is -0.167. The second-order valence-corrected chi connectivity index (χ2v) is 3.01. The summed E-state index contributed by atoms with van der Waals surface area (Å²) >= 11 is 5.06. The monoisotopic (exact) mass is 234 g/mol. The quantitative estimate of drug-likeness (QED) is 0.296. The zero-order valence-corrected chi connectivity index (χ0v) is 12.5. The first kappa shape index (κ1) is 19.9. The predicted molar refractivity (Wildman–Crippen MR) is 30.3 cm³/mol. The van der Waals surface area contributed by atoms with Crippen LogP contribution in [-0.4, -0.2) is 23.7 Å². The molecular weight excluding hydrogens is 228 g/mol. The number of hydrogen-bond acceptors (Lipinski definition) is 5. The van der Waals surface area contributed by atoms with Gasteiger partial charge in [-0.05, 0) is 0 Å². The minimum atomic E-state index is -4.95. The van der Waals surface area contributed by atoms with Gasteiger partial charge in [0.15, 0.2) is 0 Å². The Morgan fingerprint density at radius 1 is 1.50 bits per heavy atom. The third kappa shape index (κ3) is 14.9. The summed E-state index contributed by atoms with van der Waals surface area (Å²) in [5, 5.41) is 8.57. The zero-order chi connectivity index (χ0) is 8.20. The van der Waals surface area contributed by atoms with Crippen molar-refractivity contribution in [1.82, 2.24) is 0 Å². The van der Waals surface area contributed by atoms with E-state index in [1.807, 2.05) is 0 Å². The standard InChI is InChI=1S/C3H8ClO5P.2Na/c4-1-3(5)2-9-10(6,7)8;;/h3,5H,1-2H2,(H2,6,7,8);;/q;2*+1/p-2. The summed E-state index contributed by atoms with van der Waals surface area (Å²) in [6, 6.07) is 0. The van der Waals surface area contributed by atoms with E-state index in [0.717, 1.165) is 0 Å². The van der Waals surface area contributed by atoms with Crippen molar-refractivity contribution >= 4 is 19.4 Å². The Balaban J connectivity index is -0.000000405. The smallest absolute Gasteiger partial charge is 0.790 e. The molecule has 1 unspecified atom stereocenters. The molecule has 0 fully saturated rings. The van der Waals surface area contributed by atoms with Gasteiger partial charge < -0.3 is 24.0 Å². The Kier molecular flexibility index (Phi) is 16.4. The average molecular weight is 234 g/mol. The van der Waals surface area contributed by atoms with Crippen LogP contribution in [0.4, 0.5) is 0 Å². The Hall–Kier alpha value is 2.36. The number of phosphoric ester groups is 1. The topological polar surface area (TPSA) is 92.7 Å². The van der Waals surface area contributed by atoms with Crippen LogP contribution in [0.3, 0.4) is 0 Å². The first-order valence-corrected chi connectivity index (χ1v) is 4.36. The number of rotatable bonds is 4. The van der Waals surface area contributed by atoms with Crippen LogP contribution in [0.25, 0.3) is 0 Å². The average Bonchev–Trinajstić information content (AvgIpc) is 1.81. The molecule has 0 aliphatic carbocycles. The van der Waals surface area contributed by atoms with E-state index in [4.69, 9.17) is 16.7 Å². The molecule has 62 valence electrons. The van der Waals surface area contributed by atoms with E-state index in [0.29, 0.717) is 0 Å². The second kappa shape index (κ2) is 9.90. The number of aliphatic hydroxyl groups is 1. The molecule has 0 aromatic heterocycles. The van der Waals surface area contributed by atoms with Crippen molar-refractivity contribution in [3.05, 3.63) is 0 Å². The van der Waals surface area contributed by atoms with Gasteiger partial charge in [-0.3, -0.25) is 0 Å². The van der Waals surface area contributed by atoms with Crippen molar-refractivity contribution in [3.63, 3.8) is 0 Å².